The standard InChI is InChI=1S/C15H23NO2/c1-12(2)16-10-13-6-3-4-8-15(13)18-14-7-5-9-17-11-14/h3-4,6,8,12,14,16H,5,7,9-11H2,1-2H3. The summed E-state index contributed by atoms with van der Waals surface area (Å²) in [6.45, 7) is 6.74. The van der Waals surface area contributed by atoms with Crippen LogP contribution in [0.2, 0.25) is 0 Å². The molecule has 1 aliphatic rings. The molecule has 100 valence electrons. The van der Waals surface area contributed by atoms with Crippen LogP contribution >= 0.6 is 0 Å². The van der Waals surface area contributed by atoms with Crippen LogP contribution in [0.25, 0.3) is 0 Å². The Balaban J connectivity index is 1.97. The van der Waals surface area contributed by atoms with Gasteiger partial charge in [0.05, 0.1) is 6.61 Å². The van der Waals surface area contributed by atoms with Gasteiger partial charge in [-0.2, -0.15) is 0 Å². The van der Waals surface area contributed by atoms with E-state index in [4.69, 9.17) is 9.47 Å². The number of para-hydroxylation sites is 1. The van der Waals surface area contributed by atoms with Crippen molar-refractivity contribution < 1.29 is 9.47 Å². The number of benzene rings is 1. The number of hydrogen-bond acceptors (Lipinski definition) is 3. The van der Waals surface area contributed by atoms with Gasteiger partial charge < -0.3 is 14.8 Å². The molecule has 0 bridgehead atoms. The summed E-state index contributed by atoms with van der Waals surface area (Å²) in [4.78, 5) is 0. The Bertz CT molecular complexity index is 359. The highest BCUT2D eigenvalue weighted by atomic mass is 16.5. The van der Waals surface area contributed by atoms with E-state index in [1.165, 1.54) is 5.56 Å². The molecule has 0 aliphatic carbocycles. The maximum absolute atomic E-state index is 6.05. The van der Waals surface area contributed by atoms with Crippen LogP contribution in [0.4, 0.5) is 0 Å². The number of nitrogens with one attached hydrogen (secondary N) is 1. The van der Waals surface area contributed by atoms with Crippen LogP contribution in [-0.2, 0) is 11.3 Å². The van der Waals surface area contributed by atoms with Crippen molar-refractivity contribution in [2.24, 2.45) is 0 Å². The van der Waals surface area contributed by atoms with Gasteiger partial charge >= 0.3 is 0 Å². The molecule has 0 amide bonds. The Morgan fingerprint density at radius 2 is 2.22 bits per heavy atom. The molecule has 1 N–H and O–H groups in total. The maximum Gasteiger partial charge on any atom is 0.124 e. The van der Waals surface area contributed by atoms with Gasteiger partial charge in [0, 0.05) is 24.8 Å². The average Bonchev–Trinajstić information content (AvgIpc) is 2.39. The number of ether oxygens (including phenoxy) is 2. The lowest BCUT2D eigenvalue weighted by molar-refractivity contribution is 0.00700. The third-order valence-corrected chi connectivity index (χ3v) is 3.09. The summed E-state index contributed by atoms with van der Waals surface area (Å²) in [5.74, 6) is 0.987. The summed E-state index contributed by atoms with van der Waals surface area (Å²) in [6.07, 6.45) is 2.39. The fraction of sp³-hybridized carbons (Fsp3) is 0.600. The zero-order valence-electron chi connectivity index (χ0n) is 11.3. The Morgan fingerprint density at radius 1 is 1.39 bits per heavy atom. The van der Waals surface area contributed by atoms with Crippen LogP contribution in [-0.4, -0.2) is 25.4 Å². The van der Waals surface area contributed by atoms with E-state index in [1.54, 1.807) is 0 Å². The van der Waals surface area contributed by atoms with E-state index >= 15 is 0 Å². The second-order valence-electron chi connectivity index (χ2n) is 5.10. The van der Waals surface area contributed by atoms with E-state index in [9.17, 15) is 0 Å². The largest absolute Gasteiger partial charge is 0.488 e. The summed E-state index contributed by atoms with van der Waals surface area (Å²) in [5, 5.41) is 3.43. The van der Waals surface area contributed by atoms with Gasteiger partial charge in [0.2, 0.25) is 0 Å². The third-order valence-electron chi connectivity index (χ3n) is 3.09. The van der Waals surface area contributed by atoms with Gasteiger partial charge in [-0.1, -0.05) is 32.0 Å². The smallest absolute Gasteiger partial charge is 0.124 e. The van der Waals surface area contributed by atoms with Crippen molar-refractivity contribution in [3.8, 4) is 5.75 Å². The van der Waals surface area contributed by atoms with Crippen LogP contribution in [0.3, 0.4) is 0 Å². The SMILES string of the molecule is CC(C)NCc1ccccc1OC1CCCOC1. The molecule has 1 fully saturated rings. The minimum atomic E-state index is 0.207. The molecule has 1 aromatic carbocycles. The highest BCUT2D eigenvalue weighted by Gasteiger charge is 2.16. The number of rotatable bonds is 5. The monoisotopic (exact) mass is 249 g/mol. The normalized spacial score (nSPS) is 20.1. The van der Waals surface area contributed by atoms with Gasteiger partial charge in [0.15, 0.2) is 0 Å². The molecular formula is C15H23NO2. The van der Waals surface area contributed by atoms with Crippen LogP contribution in [0.5, 0.6) is 5.75 Å². The highest BCUT2D eigenvalue weighted by molar-refractivity contribution is 5.33. The summed E-state index contributed by atoms with van der Waals surface area (Å²) in [6, 6.07) is 8.73. The first-order chi connectivity index (χ1) is 8.75. The van der Waals surface area contributed by atoms with Crippen LogP contribution in [0, 0.1) is 0 Å². The van der Waals surface area contributed by atoms with Crippen molar-refractivity contribution in [3.05, 3.63) is 29.8 Å². The lowest BCUT2D eigenvalue weighted by Crippen LogP contribution is -2.29. The van der Waals surface area contributed by atoms with E-state index in [-0.39, 0.29) is 6.10 Å². The predicted molar refractivity (Wildman–Crippen MR) is 72.9 cm³/mol. The molecule has 18 heavy (non-hydrogen) atoms. The van der Waals surface area contributed by atoms with E-state index < -0.39 is 0 Å². The Labute approximate surface area is 109 Å². The topological polar surface area (TPSA) is 30.5 Å². The van der Waals surface area contributed by atoms with Crippen molar-refractivity contribution in [1.29, 1.82) is 0 Å². The average molecular weight is 249 g/mol. The van der Waals surface area contributed by atoms with Crippen molar-refractivity contribution in [1.82, 2.24) is 5.32 Å². The summed E-state index contributed by atoms with van der Waals surface area (Å²) >= 11 is 0. The molecule has 1 aromatic rings. The molecule has 1 unspecified atom stereocenters. The molecule has 2 rings (SSSR count). The molecule has 3 heteroatoms. The van der Waals surface area contributed by atoms with Crippen LogP contribution in [0.1, 0.15) is 32.3 Å². The third kappa shape index (κ3) is 4.00. The van der Waals surface area contributed by atoms with E-state index in [2.05, 4.69) is 31.3 Å². The molecule has 1 aliphatic heterocycles. The Kier molecular flexibility index (Phi) is 5.02. The van der Waals surface area contributed by atoms with E-state index in [1.807, 2.05) is 12.1 Å². The first-order valence-electron chi connectivity index (χ1n) is 6.81. The molecule has 1 saturated heterocycles. The van der Waals surface area contributed by atoms with Crippen molar-refractivity contribution >= 4 is 0 Å². The van der Waals surface area contributed by atoms with Gasteiger partial charge in [-0.3, -0.25) is 0 Å². The fourth-order valence-electron chi connectivity index (χ4n) is 2.06. The summed E-state index contributed by atoms with van der Waals surface area (Å²) in [7, 11) is 0. The minimum absolute atomic E-state index is 0.207. The van der Waals surface area contributed by atoms with Crippen molar-refractivity contribution in [2.75, 3.05) is 13.2 Å². The van der Waals surface area contributed by atoms with Gasteiger partial charge in [0.25, 0.3) is 0 Å². The molecule has 0 saturated carbocycles. The van der Waals surface area contributed by atoms with Crippen molar-refractivity contribution in [2.45, 2.75) is 45.4 Å². The van der Waals surface area contributed by atoms with Gasteiger partial charge in [-0.05, 0) is 18.9 Å². The van der Waals surface area contributed by atoms with Crippen LogP contribution in [0.15, 0.2) is 24.3 Å². The maximum atomic E-state index is 6.05. The summed E-state index contributed by atoms with van der Waals surface area (Å²) in [5.41, 5.74) is 1.22. The van der Waals surface area contributed by atoms with Crippen molar-refractivity contribution in [3.63, 3.8) is 0 Å². The molecule has 1 heterocycles. The van der Waals surface area contributed by atoms with E-state index in [0.717, 1.165) is 31.7 Å². The van der Waals surface area contributed by atoms with Gasteiger partial charge in [-0.15, -0.1) is 0 Å². The van der Waals surface area contributed by atoms with Gasteiger partial charge in [-0.25, -0.2) is 0 Å². The zero-order valence-corrected chi connectivity index (χ0v) is 11.3. The lowest BCUT2D eigenvalue weighted by Gasteiger charge is -2.24. The zero-order chi connectivity index (χ0) is 12.8. The first kappa shape index (κ1) is 13.4. The fourth-order valence-corrected chi connectivity index (χ4v) is 2.06. The van der Waals surface area contributed by atoms with Gasteiger partial charge in [0.1, 0.15) is 11.9 Å². The van der Waals surface area contributed by atoms with E-state index in [0.29, 0.717) is 12.6 Å². The quantitative estimate of drug-likeness (QED) is 0.870. The molecule has 0 radical (unpaired) electrons. The highest BCUT2D eigenvalue weighted by Crippen LogP contribution is 2.22. The first-order valence-corrected chi connectivity index (χ1v) is 6.81. The Morgan fingerprint density at radius 3 is 2.94 bits per heavy atom. The van der Waals surface area contributed by atoms with Crippen LogP contribution < -0.4 is 10.1 Å². The summed E-state index contributed by atoms with van der Waals surface area (Å²) < 4.78 is 11.5. The lowest BCUT2D eigenvalue weighted by atomic mass is 10.1. The Hall–Kier alpha value is -1.06. The second kappa shape index (κ2) is 6.76. The second-order valence-corrected chi connectivity index (χ2v) is 5.10. The molecule has 0 spiro atoms. The molecule has 3 nitrogen and oxygen atoms in total. The number of hydrogen-bond donors (Lipinski definition) is 1. The molecule has 1 atom stereocenters. The predicted octanol–water partition coefficient (Wildman–Crippen LogP) is 2.74. The minimum Gasteiger partial charge on any atom is -0.488 e. The molecule has 0 aromatic heterocycles. The molecular weight excluding hydrogens is 226 g/mol.